The van der Waals surface area contributed by atoms with E-state index in [-0.39, 0.29) is 11.7 Å². The highest BCUT2D eigenvalue weighted by atomic mass is 32.2. The van der Waals surface area contributed by atoms with Crippen LogP contribution in [0.15, 0.2) is 29.2 Å². The summed E-state index contributed by atoms with van der Waals surface area (Å²) in [6.45, 7) is 0.385. The van der Waals surface area contributed by atoms with E-state index in [4.69, 9.17) is 0 Å². The maximum Gasteiger partial charge on any atom is 0.224 e. The summed E-state index contributed by atoms with van der Waals surface area (Å²) < 4.78 is 21.8. The number of carbonyl (C=O) groups excluding carboxylic acids is 1. The van der Waals surface area contributed by atoms with Gasteiger partial charge in [-0.3, -0.25) is 4.79 Å². The van der Waals surface area contributed by atoms with Crippen LogP contribution in [0, 0.1) is 0 Å². The number of benzene rings is 1. The van der Waals surface area contributed by atoms with Crippen molar-refractivity contribution in [1.82, 2.24) is 5.32 Å². The van der Waals surface area contributed by atoms with E-state index in [1.807, 2.05) is 24.3 Å². The van der Waals surface area contributed by atoms with Gasteiger partial charge in [-0.15, -0.1) is 12.6 Å². The van der Waals surface area contributed by atoms with E-state index in [1.54, 1.807) is 0 Å². The third-order valence-electron chi connectivity index (χ3n) is 2.32. The highest BCUT2D eigenvalue weighted by Gasteiger charge is 2.04. The van der Waals surface area contributed by atoms with Crippen molar-refractivity contribution >= 4 is 28.4 Å². The highest BCUT2D eigenvalue weighted by Crippen LogP contribution is 2.08. The normalized spacial score (nSPS) is 11.2. The van der Waals surface area contributed by atoms with Gasteiger partial charge in [0.05, 0.1) is 12.2 Å². The Balaban J connectivity index is 2.28. The van der Waals surface area contributed by atoms with Gasteiger partial charge in [0, 0.05) is 17.7 Å². The molecule has 1 aromatic carbocycles. The Morgan fingerprint density at radius 2 is 1.89 bits per heavy atom. The van der Waals surface area contributed by atoms with Gasteiger partial charge >= 0.3 is 0 Å². The van der Waals surface area contributed by atoms with E-state index in [0.29, 0.717) is 19.4 Å². The fourth-order valence-corrected chi connectivity index (χ4v) is 2.24. The number of hydrogen-bond acceptors (Lipinski definition) is 4. The second kappa shape index (κ2) is 6.80. The van der Waals surface area contributed by atoms with Crippen molar-refractivity contribution in [3.05, 3.63) is 29.8 Å². The van der Waals surface area contributed by atoms with Crippen LogP contribution in [0.2, 0.25) is 0 Å². The molecule has 0 saturated carbocycles. The highest BCUT2D eigenvalue weighted by molar-refractivity contribution is 7.90. The van der Waals surface area contributed by atoms with Crippen molar-refractivity contribution in [1.29, 1.82) is 0 Å². The zero-order valence-electron chi connectivity index (χ0n) is 10.2. The summed E-state index contributed by atoms with van der Waals surface area (Å²) in [5.41, 5.74) is 0.911. The summed E-state index contributed by atoms with van der Waals surface area (Å²) in [6, 6.07) is 7.35. The van der Waals surface area contributed by atoms with E-state index in [9.17, 15) is 13.2 Å². The molecule has 0 aromatic heterocycles. The van der Waals surface area contributed by atoms with Crippen LogP contribution in [-0.4, -0.2) is 32.9 Å². The monoisotopic (exact) mass is 287 g/mol. The molecule has 0 heterocycles. The number of hydrogen-bond donors (Lipinski definition) is 2. The molecule has 1 aromatic rings. The Kier molecular flexibility index (Phi) is 5.68. The van der Waals surface area contributed by atoms with Gasteiger partial charge in [-0.2, -0.15) is 0 Å². The predicted molar refractivity (Wildman–Crippen MR) is 74.7 cm³/mol. The molecule has 1 amide bonds. The standard InChI is InChI=1S/C12H17NO3S2/c1-18(15,16)8-2-7-13-12(14)9-10-3-5-11(17)6-4-10/h3-6,17H,2,7-9H2,1H3,(H,13,14). The first-order chi connectivity index (χ1) is 8.37. The smallest absolute Gasteiger partial charge is 0.224 e. The van der Waals surface area contributed by atoms with Gasteiger partial charge in [-0.1, -0.05) is 12.1 Å². The molecule has 4 nitrogen and oxygen atoms in total. The molecule has 0 spiro atoms. The molecule has 0 radical (unpaired) electrons. The molecule has 6 heteroatoms. The average molecular weight is 287 g/mol. The maximum absolute atomic E-state index is 11.5. The molecule has 0 aliphatic heterocycles. The Bertz CT molecular complexity index is 495. The lowest BCUT2D eigenvalue weighted by molar-refractivity contribution is -0.120. The minimum Gasteiger partial charge on any atom is -0.356 e. The predicted octanol–water partition coefficient (Wildman–Crippen LogP) is 1.07. The molecule has 0 saturated heterocycles. The minimum absolute atomic E-state index is 0.0988. The van der Waals surface area contributed by atoms with Crippen LogP contribution in [0.4, 0.5) is 0 Å². The second-order valence-electron chi connectivity index (χ2n) is 4.18. The minimum atomic E-state index is -2.95. The number of amides is 1. The van der Waals surface area contributed by atoms with E-state index < -0.39 is 9.84 Å². The van der Waals surface area contributed by atoms with Crippen molar-refractivity contribution in [2.75, 3.05) is 18.6 Å². The molecule has 1 N–H and O–H groups in total. The number of nitrogens with one attached hydrogen (secondary N) is 1. The van der Waals surface area contributed by atoms with Gasteiger partial charge in [0.15, 0.2) is 0 Å². The molecule has 0 unspecified atom stereocenters. The third-order valence-corrected chi connectivity index (χ3v) is 3.64. The van der Waals surface area contributed by atoms with Crippen molar-refractivity contribution < 1.29 is 13.2 Å². The number of thiol groups is 1. The zero-order valence-corrected chi connectivity index (χ0v) is 11.9. The van der Waals surface area contributed by atoms with Crippen molar-refractivity contribution in [2.24, 2.45) is 0 Å². The molecule has 0 aliphatic rings. The van der Waals surface area contributed by atoms with Gasteiger partial charge in [0.1, 0.15) is 9.84 Å². The summed E-state index contributed by atoms with van der Waals surface area (Å²) >= 11 is 4.16. The topological polar surface area (TPSA) is 63.2 Å². The summed E-state index contributed by atoms with van der Waals surface area (Å²) in [7, 11) is -2.95. The summed E-state index contributed by atoms with van der Waals surface area (Å²) in [6.07, 6.45) is 1.93. The summed E-state index contributed by atoms with van der Waals surface area (Å²) in [5.74, 6) is -0.00263. The Labute approximate surface area is 113 Å². The molecule has 18 heavy (non-hydrogen) atoms. The first-order valence-electron chi connectivity index (χ1n) is 5.59. The quantitative estimate of drug-likeness (QED) is 0.607. The molecule has 0 atom stereocenters. The molecule has 1 rings (SSSR count). The van der Waals surface area contributed by atoms with Gasteiger partial charge in [-0.25, -0.2) is 8.42 Å². The maximum atomic E-state index is 11.5. The van der Waals surface area contributed by atoms with E-state index in [1.165, 1.54) is 6.26 Å². The number of rotatable bonds is 6. The van der Waals surface area contributed by atoms with Crippen LogP contribution in [0.3, 0.4) is 0 Å². The van der Waals surface area contributed by atoms with E-state index in [2.05, 4.69) is 17.9 Å². The van der Waals surface area contributed by atoms with Gasteiger partial charge in [0.2, 0.25) is 5.91 Å². The van der Waals surface area contributed by atoms with Crippen LogP contribution < -0.4 is 5.32 Å². The SMILES string of the molecule is CS(=O)(=O)CCCNC(=O)Cc1ccc(S)cc1. The van der Waals surface area contributed by atoms with Crippen LogP contribution in [-0.2, 0) is 21.1 Å². The summed E-state index contributed by atoms with van der Waals surface area (Å²) in [4.78, 5) is 12.4. The summed E-state index contributed by atoms with van der Waals surface area (Å²) in [5, 5.41) is 2.70. The van der Waals surface area contributed by atoms with Gasteiger partial charge in [-0.05, 0) is 24.1 Å². The first-order valence-corrected chi connectivity index (χ1v) is 8.10. The van der Waals surface area contributed by atoms with Crippen molar-refractivity contribution in [3.8, 4) is 0 Å². The third kappa shape index (κ3) is 6.66. The fraction of sp³-hybridized carbons (Fsp3) is 0.417. The van der Waals surface area contributed by atoms with Crippen LogP contribution in [0.5, 0.6) is 0 Å². The Morgan fingerprint density at radius 1 is 1.28 bits per heavy atom. The molecule has 0 aliphatic carbocycles. The molecular formula is C12H17NO3S2. The van der Waals surface area contributed by atoms with Gasteiger partial charge < -0.3 is 5.32 Å². The Hall–Kier alpha value is -1.01. The van der Waals surface area contributed by atoms with E-state index in [0.717, 1.165) is 10.5 Å². The van der Waals surface area contributed by atoms with Crippen LogP contribution >= 0.6 is 12.6 Å². The second-order valence-corrected chi connectivity index (χ2v) is 6.95. The Morgan fingerprint density at radius 3 is 2.44 bits per heavy atom. The van der Waals surface area contributed by atoms with Crippen LogP contribution in [0.25, 0.3) is 0 Å². The zero-order chi connectivity index (χ0) is 13.6. The van der Waals surface area contributed by atoms with Crippen molar-refractivity contribution in [3.63, 3.8) is 0 Å². The lowest BCUT2D eigenvalue weighted by Gasteiger charge is -2.05. The van der Waals surface area contributed by atoms with E-state index >= 15 is 0 Å². The lowest BCUT2D eigenvalue weighted by Crippen LogP contribution is -2.27. The largest absolute Gasteiger partial charge is 0.356 e. The number of carbonyl (C=O) groups is 1. The average Bonchev–Trinajstić information content (AvgIpc) is 2.26. The van der Waals surface area contributed by atoms with Crippen LogP contribution in [0.1, 0.15) is 12.0 Å². The molecular weight excluding hydrogens is 270 g/mol. The number of sulfone groups is 1. The molecule has 100 valence electrons. The lowest BCUT2D eigenvalue weighted by atomic mass is 10.1. The first kappa shape index (κ1) is 15.0. The fourth-order valence-electron chi connectivity index (χ4n) is 1.42. The molecule has 0 bridgehead atoms. The van der Waals surface area contributed by atoms with Gasteiger partial charge in [0.25, 0.3) is 0 Å². The molecule has 0 fully saturated rings. The van der Waals surface area contributed by atoms with Crippen molar-refractivity contribution in [2.45, 2.75) is 17.7 Å².